The van der Waals surface area contributed by atoms with Gasteiger partial charge in [0.05, 0.1) is 12.2 Å². The Morgan fingerprint density at radius 2 is 1.68 bits per heavy atom. The van der Waals surface area contributed by atoms with Gasteiger partial charge in [-0.05, 0) is 30.7 Å². The first-order valence-electron chi connectivity index (χ1n) is 8.45. The summed E-state index contributed by atoms with van der Waals surface area (Å²) >= 11 is 0. The molecule has 4 heteroatoms. The zero-order valence-corrected chi connectivity index (χ0v) is 14.2. The van der Waals surface area contributed by atoms with Crippen LogP contribution >= 0.6 is 0 Å². The van der Waals surface area contributed by atoms with E-state index in [1.54, 1.807) is 4.90 Å². The number of amides is 2. The van der Waals surface area contributed by atoms with Crippen LogP contribution in [-0.4, -0.2) is 18.4 Å². The number of carbonyl (C=O) groups excluding carboxylic acids is 2. The molecule has 2 amide bonds. The molecule has 0 atom stereocenters. The number of nitrogens with one attached hydrogen (secondary N) is 1. The summed E-state index contributed by atoms with van der Waals surface area (Å²) < 4.78 is 0. The molecule has 0 aliphatic carbocycles. The minimum Gasteiger partial charge on any atom is -0.356 e. The second-order valence-corrected chi connectivity index (χ2v) is 5.86. The molecule has 1 N–H and O–H groups in total. The van der Waals surface area contributed by atoms with Gasteiger partial charge in [0.25, 0.3) is 0 Å². The third kappa shape index (κ3) is 3.89. The molecule has 3 rings (SSSR count). The number of hydrogen-bond donors (Lipinski definition) is 1. The van der Waals surface area contributed by atoms with Crippen LogP contribution in [0.2, 0.25) is 0 Å². The average Bonchev–Trinajstić information content (AvgIpc) is 2.62. The van der Waals surface area contributed by atoms with Crippen LogP contribution in [0.25, 0.3) is 0 Å². The van der Waals surface area contributed by atoms with E-state index in [0.29, 0.717) is 13.1 Å². The first kappa shape index (κ1) is 16.8. The van der Waals surface area contributed by atoms with Gasteiger partial charge < -0.3 is 10.2 Å². The van der Waals surface area contributed by atoms with E-state index in [4.69, 9.17) is 0 Å². The van der Waals surface area contributed by atoms with E-state index in [2.05, 4.69) is 17.2 Å². The fourth-order valence-corrected chi connectivity index (χ4v) is 2.85. The van der Waals surface area contributed by atoms with Crippen molar-refractivity contribution >= 4 is 17.5 Å². The quantitative estimate of drug-likeness (QED) is 0.875. The molecule has 126 valence electrons. The van der Waals surface area contributed by atoms with Crippen molar-refractivity contribution in [2.24, 2.45) is 0 Å². The van der Waals surface area contributed by atoms with Crippen LogP contribution in [-0.2, 0) is 16.1 Å². The van der Waals surface area contributed by atoms with Gasteiger partial charge in [0.1, 0.15) is 0 Å². The Morgan fingerprint density at radius 3 is 2.48 bits per heavy atom. The molecule has 2 aromatic carbocycles. The molecule has 1 heterocycles. The van der Waals surface area contributed by atoms with Crippen LogP contribution in [0.4, 0.5) is 5.69 Å². The van der Waals surface area contributed by atoms with E-state index < -0.39 is 0 Å². The maximum absolute atomic E-state index is 12.8. The SMILES string of the molecule is CCNC(=O)CCC(=O)N1Cc2ccccc2C#Cc2ccccc21. The predicted octanol–water partition coefficient (Wildman–Crippen LogP) is 2.85. The molecule has 0 radical (unpaired) electrons. The van der Waals surface area contributed by atoms with Crippen molar-refractivity contribution < 1.29 is 9.59 Å². The van der Waals surface area contributed by atoms with E-state index in [0.717, 1.165) is 22.4 Å². The third-order valence-electron chi connectivity index (χ3n) is 4.11. The molecule has 0 bridgehead atoms. The lowest BCUT2D eigenvalue weighted by Gasteiger charge is -2.26. The van der Waals surface area contributed by atoms with Crippen molar-refractivity contribution in [1.82, 2.24) is 5.32 Å². The van der Waals surface area contributed by atoms with Gasteiger partial charge in [0.2, 0.25) is 11.8 Å². The van der Waals surface area contributed by atoms with Gasteiger partial charge in [0.15, 0.2) is 0 Å². The van der Waals surface area contributed by atoms with E-state index in [1.807, 2.05) is 55.5 Å². The standard InChI is InChI=1S/C21H20N2O2/c1-2-22-20(24)13-14-21(25)23-15-18-9-4-3-7-16(18)11-12-17-8-5-6-10-19(17)23/h3-10H,2,13-15H2,1H3,(H,22,24). The highest BCUT2D eigenvalue weighted by atomic mass is 16.2. The molecule has 1 aliphatic rings. The summed E-state index contributed by atoms with van der Waals surface area (Å²) in [6.45, 7) is 2.89. The van der Waals surface area contributed by atoms with Crippen molar-refractivity contribution in [3.05, 3.63) is 65.2 Å². The zero-order chi connectivity index (χ0) is 17.6. The monoisotopic (exact) mass is 332 g/mol. The molecule has 0 saturated carbocycles. The summed E-state index contributed by atoms with van der Waals surface area (Å²) in [7, 11) is 0. The number of rotatable bonds is 4. The van der Waals surface area contributed by atoms with Gasteiger partial charge in [-0.15, -0.1) is 0 Å². The third-order valence-corrected chi connectivity index (χ3v) is 4.11. The second-order valence-electron chi connectivity index (χ2n) is 5.86. The fourth-order valence-electron chi connectivity index (χ4n) is 2.85. The highest BCUT2D eigenvalue weighted by molar-refractivity contribution is 5.96. The molecule has 0 aromatic heterocycles. The van der Waals surface area contributed by atoms with Crippen LogP contribution in [0.5, 0.6) is 0 Å². The first-order chi connectivity index (χ1) is 12.2. The molecule has 0 unspecified atom stereocenters. The molecular weight excluding hydrogens is 312 g/mol. The number of anilines is 1. The number of carbonyl (C=O) groups is 2. The number of nitrogens with zero attached hydrogens (tertiary/aromatic N) is 1. The lowest BCUT2D eigenvalue weighted by Crippen LogP contribution is -2.33. The van der Waals surface area contributed by atoms with E-state index in [9.17, 15) is 9.59 Å². The van der Waals surface area contributed by atoms with Crippen molar-refractivity contribution in [3.63, 3.8) is 0 Å². The largest absolute Gasteiger partial charge is 0.356 e. The van der Waals surface area contributed by atoms with Crippen molar-refractivity contribution in [2.45, 2.75) is 26.3 Å². The Labute approximate surface area is 147 Å². The number of fused-ring (bicyclic) bond motifs is 2. The minimum absolute atomic E-state index is 0.0720. The second kappa shape index (κ2) is 7.67. The van der Waals surface area contributed by atoms with E-state index in [1.165, 1.54) is 0 Å². The van der Waals surface area contributed by atoms with Crippen LogP contribution < -0.4 is 10.2 Å². The van der Waals surface area contributed by atoms with E-state index >= 15 is 0 Å². The molecule has 0 fully saturated rings. The number of para-hydroxylation sites is 1. The molecule has 4 nitrogen and oxygen atoms in total. The fraction of sp³-hybridized carbons (Fsp3) is 0.238. The smallest absolute Gasteiger partial charge is 0.227 e. The topological polar surface area (TPSA) is 49.4 Å². The molecule has 0 saturated heterocycles. The van der Waals surface area contributed by atoms with E-state index in [-0.39, 0.29) is 24.7 Å². The predicted molar refractivity (Wildman–Crippen MR) is 98.0 cm³/mol. The summed E-state index contributed by atoms with van der Waals surface area (Å²) in [5, 5.41) is 2.73. The maximum Gasteiger partial charge on any atom is 0.227 e. The van der Waals surface area contributed by atoms with Crippen LogP contribution in [0, 0.1) is 11.8 Å². The summed E-state index contributed by atoms with van der Waals surface area (Å²) in [6.07, 6.45) is 0.369. The summed E-state index contributed by atoms with van der Waals surface area (Å²) in [5.74, 6) is 6.19. The summed E-state index contributed by atoms with van der Waals surface area (Å²) in [6, 6.07) is 15.5. The van der Waals surface area contributed by atoms with Gasteiger partial charge in [-0.3, -0.25) is 9.59 Å². The van der Waals surface area contributed by atoms with Crippen molar-refractivity contribution in [1.29, 1.82) is 0 Å². The molecule has 0 spiro atoms. The summed E-state index contributed by atoms with van der Waals surface area (Å²) in [5.41, 5.74) is 3.56. The molecular formula is C21H20N2O2. The minimum atomic E-state index is -0.101. The van der Waals surface area contributed by atoms with Crippen LogP contribution in [0.3, 0.4) is 0 Å². The first-order valence-corrected chi connectivity index (χ1v) is 8.45. The maximum atomic E-state index is 12.8. The van der Waals surface area contributed by atoms with Gasteiger partial charge in [-0.25, -0.2) is 0 Å². The molecule has 25 heavy (non-hydrogen) atoms. The Morgan fingerprint density at radius 1 is 1.00 bits per heavy atom. The van der Waals surface area contributed by atoms with Gasteiger partial charge >= 0.3 is 0 Å². The average molecular weight is 332 g/mol. The van der Waals surface area contributed by atoms with Gasteiger partial charge in [-0.1, -0.05) is 42.2 Å². The Kier molecular flexibility index (Phi) is 5.15. The van der Waals surface area contributed by atoms with Crippen molar-refractivity contribution in [3.8, 4) is 11.8 Å². The Hall–Kier alpha value is -3.06. The Balaban J connectivity index is 1.92. The van der Waals surface area contributed by atoms with Gasteiger partial charge in [0, 0.05) is 30.5 Å². The van der Waals surface area contributed by atoms with Crippen molar-refractivity contribution in [2.75, 3.05) is 11.4 Å². The van der Waals surface area contributed by atoms with Crippen LogP contribution in [0.15, 0.2) is 48.5 Å². The lowest BCUT2D eigenvalue weighted by molar-refractivity contribution is -0.125. The van der Waals surface area contributed by atoms with Crippen LogP contribution in [0.1, 0.15) is 36.5 Å². The van der Waals surface area contributed by atoms with Gasteiger partial charge in [-0.2, -0.15) is 0 Å². The number of benzene rings is 2. The Bertz CT molecular complexity index is 861. The molecule has 2 aromatic rings. The molecule has 1 aliphatic heterocycles. The zero-order valence-electron chi connectivity index (χ0n) is 14.2. The lowest BCUT2D eigenvalue weighted by atomic mass is 10.0. The summed E-state index contributed by atoms with van der Waals surface area (Å²) in [4.78, 5) is 26.3. The highest BCUT2D eigenvalue weighted by Crippen LogP contribution is 2.26. The number of hydrogen-bond acceptors (Lipinski definition) is 2. The highest BCUT2D eigenvalue weighted by Gasteiger charge is 2.21. The normalized spacial score (nSPS) is 12.0.